The van der Waals surface area contributed by atoms with E-state index in [9.17, 15) is 0 Å². The maximum Gasteiger partial charge on any atom is 0.189 e. The molecule has 32 heavy (non-hydrogen) atoms. The molecule has 0 aromatic carbocycles. The van der Waals surface area contributed by atoms with Crippen molar-refractivity contribution in [2.24, 2.45) is 10.2 Å². The fraction of sp³-hybridized carbons (Fsp3) is 0.609. The second-order valence-corrected chi connectivity index (χ2v) is 9.21. The van der Waals surface area contributed by atoms with E-state index in [0.717, 1.165) is 49.0 Å². The van der Waals surface area contributed by atoms with Crippen LogP contribution in [-0.4, -0.2) is 62.6 Å². The summed E-state index contributed by atoms with van der Waals surface area (Å²) in [5.41, 5.74) is 9.24. The maximum absolute atomic E-state index is 5.53. The Bertz CT molecular complexity index is 771. The molecule has 2 fully saturated rings. The van der Waals surface area contributed by atoms with Crippen molar-refractivity contribution in [3.05, 3.63) is 29.6 Å². The van der Waals surface area contributed by atoms with Gasteiger partial charge in [0.1, 0.15) is 0 Å². The second-order valence-electron chi connectivity index (χ2n) is 8.44. The van der Waals surface area contributed by atoms with Gasteiger partial charge in [-0.1, -0.05) is 31.7 Å². The van der Waals surface area contributed by atoms with Gasteiger partial charge in [-0.3, -0.25) is 10.9 Å². The van der Waals surface area contributed by atoms with E-state index in [-0.39, 0.29) is 0 Å². The summed E-state index contributed by atoms with van der Waals surface area (Å²) in [6, 6.07) is 5.86. The van der Waals surface area contributed by atoms with Crippen molar-refractivity contribution in [2.45, 2.75) is 65.2 Å². The highest BCUT2D eigenvalue weighted by molar-refractivity contribution is 7.80. The molecule has 1 aromatic heterocycles. The van der Waals surface area contributed by atoms with E-state index < -0.39 is 0 Å². The molecular weight excluding hydrogens is 438 g/mol. The Morgan fingerprint density at radius 3 is 1.47 bits per heavy atom. The average Bonchev–Trinajstić information content (AvgIpc) is 3.26. The molecule has 0 spiro atoms. The molecule has 3 heterocycles. The first-order valence-electron chi connectivity index (χ1n) is 11.7. The third kappa shape index (κ3) is 7.48. The van der Waals surface area contributed by atoms with Crippen LogP contribution >= 0.6 is 24.4 Å². The fourth-order valence-electron chi connectivity index (χ4n) is 3.90. The van der Waals surface area contributed by atoms with Crippen molar-refractivity contribution in [3.63, 3.8) is 0 Å². The maximum atomic E-state index is 5.53. The zero-order chi connectivity index (χ0) is 22.8. The molecule has 0 atom stereocenters. The van der Waals surface area contributed by atoms with Crippen LogP contribution in [0, 0.1) is 0 Å². The summed E-state index contributed by atoms with van der Waals surface area (Å²) in [5.74, 6) is 0. The number of hydrogen-bond acceptors (Lipinski definition) is 5. The number of hydrazone groups is 2. The predicted molar refractivity (Wildman–Crippen MR) is 140 cm³/mol. The third-order valence-corrected chi connectivity index (χ3v) is 6.61. The number of pyridine rings is 1. The SMILES string of the molecule is C/C(=N/NC(=S)N1CCCCCC1)c1cccc(/C(C)=N/NC(=S)N2CCCCCC2)n1. The molecule has 0 saturated carbocycles. The van der Waals surface area contributed by atoms with Gasteiger partial charge in [0.05, 0.1) is 22.8 Å². The minimum Gasteiger partial charge on any atom is -0.348 e. The molecule has 0 amide bonds. The quantitative estimate of drug-likeness (QED) is 0.389. The molecule has 2 aliphatic heterocycles. The zero-order valence-corrected chi connectivity index (χ0v) is 20.9. The number of aromatic nitrogens is 1. The van der Waals surface area contributed by atoms with Crippen molar-refractivity contribution >= 4 is 46.1 Å². The van der Waals surface area contributed by atoms with Gasteiger partial charge in [-0.05, 0) is 76.1 Å². The van der Waals surface area contributed by atoms with E-state index in [4.69, 9.17) is 29.4 Å². The van der Waals surface area contributed by atoms with Gasteiger partial charge in [-0.15, -0.1) is 0 Å². The highest BCUT2D eigenvalue weighted by Crippen LogP contribution is 2.11. The van der Waals surface area contributed by atoms with E-state index in [2.05, 4.69) is 30.9 Å². The topological polar surface area (TPSA) is 68.2 Å². The molecule has 0 unspecified atom stereocenters. The summed E-state index contributed by atoms with van der Waals surface area (Å²) in [7, 11) is 0. The number of nitrogens with one attached hydrogen (secondary N) is 2. The Labute approximate surface area is 202 Å². The van der Waals surface area contributed by atoms with Gasteiger partial charge in [0.2, 0.25) is 0 Å². The van der Waals surface area contributed by atoms with Gasteiger partial charge < -0.3 is 9.80 Å². The lowest BCUT2D eigenvalue weighted by Crippen LogP contribution is -2.38. The molecule has 2 saturated heterocycles. The normalized spacial score (nSPS) is 18.6. The minimum absolute atomic E-state index is 0.686. The first kappa shape index (κ1) is 24.5. The summed E-state index contributed by atoms with van der Waals surface area (Å²) < 4.78 is 0. The van der Waals surface area contributed by atoms with Crippen LogP contribution in [0.3, 0.4) is 0 Å². The number of nitrogens with zero attached hydrogens (tertiary/aromatic N) is 5. The van der Waals surface area contributed by atoms with Gasteiger partial charge in [-0.25, -0.2) is 4.98 Å². The largest absolute Gasteiger partial charge is 0.348 e. The van der Waals surface area contributed by atoms with Crippen molar-refractivity contribution in [3.8, 4) is 0 Å². The second kappa shape index (κ2) is 12.8. The standard InChI is InChI=1S/C23H35N7S2/c1-18(25-27-22(31)29-14-7-3-4-8-15-29)20-12-11-13-21(24-20)19(2)26-28-23(32)30-16-9-5-6-10-17-30/h11-13H,3-10,14-17H2,1-2H3,(H,27,31)(H,28,32)/b25-18-,26-19+. The summed E-state index contributed by atoms with van der Waals surface area (Å²) in [6.07, 6.45) is 9.83. The van der Waals surface area contributed by atoms with Gasteiger partial charge in [0.15, 0.2) is 10.2 Å². The van der Waals surface area contributed by atoms with Crippen LogP contribution in [0.15, 0.2) is 28.4 Å². The Kier molecular flexibility index (Phi) is 9.80. The highest BCUT2D eigenvalue weighted by Gasteiger charge is 2.13. The van der Waals surface area contributed by atoms with Crippen LogP contribution < -0.4 is 10.9 Å². The molecule has 0 bridgehead atoms. The molecule has 0 aliphatic carbocycles. The number of likely N-dealkylation sites (tertiary alicyclic amines) is 2. The lowest BCUT2D eigenvalue weighted by molar-refractivity contribution is 0.428. The lowest BCUT2D eigenvalue weighted by Gasteiger charge is -2.22. The highest BCUT2D eigenvalue weighted by atomic mass is 32.1. The molecule has 174 valence electrons. The summed E-state index contributed by atoms with van der Waals surface area (Å²) in [5, 5.41) is 10.3. The van der Waals surface area contributed by atoms with Crippen LogP contribution in [0.25, 0.3) is 0 Å². The minimum atomic E-state index is 0.686. The van der Waals surface area contributed by atoms with E-state index in [1.54, 1.807) is 0 Å². The number of hydrogen-bond donors (Lipinski definition) is 2. The monoisotopic (exact) mass is 473 g/mol. The smallest absolute Gasteiger partial charge is 0.189 e. The van der Waals surface area contributed by atoms with Gasteiger partial charge in [0, 0.05) is 26.2 Å². The first-order chi connectivity index (χ1) is 15.5. The van der Waals surface area contributed by atoms with Crippen LogP contribution in [-0.2, 0) is 0 Å². The molecule has 1 aromatic rings. The third-order valence-electron chi connectivity index (χ3n) is 5.92. The van der Waals surface area contributed by atoms with E-state index in [1.807, 2.05) is 32.0 Å². The van der Waals surface area contributed by atoms with E-state index in [1.165, 1.54) is 51.4 Å². The number of rotatable bonds is 4. The average molecular weight is 474 g/mol. The van der Waals surface area contributed by atoms with Crippen molar-refractivity contribution in [1.82, 2.24) is 25.6 Å². The van der Waals surface area contributed by atoms with Crippen LogP contribution in [0.1, 0.15) is 76.6 Å². The predicted octanol–water partition coefficient (Wildman–Crippen LogP) is 4.03. The summed E-state index contributed by atoms with van der Waals surface area (Å²) >= 11 is 11.1. The Balaban J connectivity index is 1.59. The van der Waals surface area contributed by atoms with E-state index >= 15 is 0 Å². The molecule has 7 nitrogen and oxygen atoms in total. The lowest BCUT2D eigenvalue weighted by atomic mass is 10.2. The fourth-order valence-corrected chi connectivity index (χ4v) is 4.36. The van der Waals surface area contributed by atoms with Crippen LogP contribution in [0.5, 0.6) is 0 Å². The zero-order valence-electron chi connectivity index (χ0n) is 19.3. The first-order valence-corrected chi connectivity index (χ1v) is 12.5. The van der Waals surface area contributed by atoms with Gasteiger partial charge in [0.25, 0.3) is 0 Å². The summed E-state index contributed by atoms with van der Waals surface area (Å²) in [4.78, 5) is 9.14. The molecule has 9 heteroatoms. The Morgan fingerprint density at radius 1 is 0.719 bits per heavy atom. The molecule has 3 rings (SSSR count). The molecule has 2 aliphatic rings. The van der Waals surface area contributed by atoms with Crippen molar-refractivity contribution in [2.75, 3.05) is 26.2 Å². The molecule has 0 radical (unpaired) electrons. The van der Waals surface area contributed by atoms with Gasteiger partial charge in [-0.2, -0.15) is 10.2 Å². The number of thiocarbonyl (C=S) groups is 2. The molecular formula is C23H35N7S2. The van der Waals surface area contributed by atoms with Gasteiger partial charge >= 0.3 is 0 Å². The Morgan fingerprint density at radius 2 is 1.09 bits per heavy atom. The van der Waals surface area contributed by atoms with Crippen molar-refractivity contribution < 1.29 is 0 Å². The van der Waals surface area contributed by atoms with Crippen LogP contribution in [0.4, 0.5) is 0 Å². The Hall–Kier alpha value is -2.13. The summed E-state index contributed by atoms with van der Waals surface area (Å²) in [6.45, 7) is 7.85. The van der Waals surface area contributed by atoms with E-state index in [0.29, 0.717) is 10.2 Å². The molecule has 2 N–H and O–H groups in total. The van der Waals surface area contributed by atoms with Crippen molar-refractivity contribution in [1.29, 1.82) is 0 Å². The van der Waals surface area contributed by atoms with Crippen LogP contribution in [0.2, 0.25) is 0 Å².